The van der Waals surface area contributed by atoms with Gasteiger partial charge >= 0.3 is 6.18 Å². The lowest BCUT2D eigenvalue weighted by molar-refractivity contribution is -0.132. The second kappa shape index (κ2) is 12.2. The lowest BCUT2D eigenvalue weighted by Gasteiger charge is -2.20. The highest BCUT2D eigenvalue weighted by molar-refractivity contribution is 14.0. The van der Waals surface area contributed by atoms with Crippen LogP contribution in [0.15, 0.2) is 4.99 Å². The molecule has 8 heteroatoms. The largest absolute Gasteiger partial charge is 0.390 e. The van der Waals surface area contributed by atoms with Crippen molar-refractivity contribution < 1.29 is 13.2 Å². The number of halogens is 4. The lowest BCUT2D eigenvalue weighted by atomic mass is 10.2. The summed E-state index contributed by atoms with van der Waals surface area (Å²) in [6.07, 6.45) is 0.0407. The van der Waals surface area contributed by atoms with Crippen LogP contribution in [0.3, 0.4) is 0 Å². The van der Waals surface area contributed by atoms with Crippen molar-refractivity contribution in [2.24, 2.45) is 4.99 Å². The van der Waals surface area contributed by atoms with Crippen LogP contribution in [0, 0.1) is 0 Å². The Morgan fingerprint density at radius 1 is 1.09 bits per heavy atom. The highest BCUT2D eigenvalue weighted by Crippen LogP contribution is 2.18. The molecule has 0 saturated carbocycles. The van der Waals surface area contributed by atoms with Crippen molar-refractivity contribution in [1.82, 2.24) is 15.5 Å². The molecule has 2 N–H and O–H groups in total. The second-order valence-electron chi connectivity index (χ2n) is 5.31. The minimum atomic E-state index is -4.15. The first kappa shape index (κ1) is 21.8. The average molecular weight is 436 g/mol. The highest BCUT2D eigenvalue weighted by atomic mass is 127. The topological polar surface area (TPSA) is 39.7 Å². The predicted octanol–water partition coefficient (Wildman–Crippen LogP) is 2.99. The van der Waals surface area contributed by atoms with Crippen molar-refractivity contribution in [3.8, 4) is 0 Å². The van der Waals surface area contributed by atoms with E-state index in [4.69, 9.17) is 0 Å². The van der Waals surface area contributed by atoms with Gasteiger partial charge in [-0.3, -0.25) is 4.99 Å². The highest BCUT2D eigenvalue weighted by Gasteiger charge is 2.26. The first-order chi connectivity index (χ1) is 10.0. The van der Waals surface area contributed by atoms with Gasteiger partial charge in [0.25, 0.3) is 0 Å². The summed E-state index contributed by atoms with van der Waals surface area (Å²) in [5.41, 5.74) is 0. The molecule has 132 valence electrons. The van der Waals surface area contributed by atoms with Crippen LogP contribution < -0.4 is 10.6 Å². The minimum absolute atomic E-state index is 0. The van der Waals surface area contributed by atoms with E-state index in [2.05, 4.69) is 20.5 Å². The van der Waals surface area contributed by atoms with Gasteiger partial charge in [-0.25, -0.2) is 0 Å². The minimum Gasteiger partial charge on any atom is -0.357 e. The third-order valence-electron chi connectivity index (χ3n) is 3.43. The van der Waals surface area contributed by atoms with Crippen LogP contribution in [-0.2, 0) is 0 Å². The summed E-state index contributed by atoms with van der Waals surface area (Å²) in [5.74, 6) is 0.469. The molecule has 0 unspecified atom stereocenters. The Morgan fingerprint density at radius 3 is 2.27 bits per heavy atom. The first-order valence-corrected chi connectivity index (χ1v) is 7.82. The van der Waals surface area contributed by atoms with E-state index < -0.39 is 12.6 Å². The molecule has 0 spiro atoms. The van der Waals surface area contributed by atoms with Crippen LogP contribution in [0.5, 0.6) is 0 Å². The molecule has 0 aromatic rings. The van der Waals surface area contributed by atoms with Crippen LogP contribution in [0.4, 0.5) is 13.2 Å². The molecular formula is C14H28F3IN4. The van der Waals surface area contributed by atoms with Crippen LogP contribution in [-0.4, -0.2) is 56.3 Å². The first-order valence-electron chi connectivity index (χ1n) is 7.82. The molecule has 0 bridgehead atoms. The molecule has 1 heterocycles. The Bertz CT molecular complexity index is 303. The zero-order valence-corrected chi connectivity index (χ0v) is 15.5. The van der Waals surface area contributed by atoms with Gasteiger partial charge in [0.1, 0.15) is 0 Å². The fourth-order valence-corrected chi connectivity index (χ4v) is 2.33. The van der Waals surface area contributed by atoms with Gasteiger partial charge in [-0.15, -0.1) is 24.0 Å². The van der Waals surface area contributed by atoms with E-state index in [1.54, 1.807) is 0 Å². The molecule has 1 aliphatic heterocycles. The lowest BCUT2D eigenvalue weighted by Crippen LogP contribution is -2.42. The van der Waals surface area contributed by atoms with Gasteiger partial charge in [-0.1, -0.05) is 12.8 Å². The number of aliphatic imine (C=N–C) groups is 1. The van der Waals surface area contributed by atoms with Gasteiger partial charge < -0.3 is 15.5 Å². The summed E-state index contributed by atoms with van der Waals surface area (Å²) >= 11 is 0. The summed E-state index contributed by atoms with van der Waals surface area (Å²) < 4.78 is 36.3. The molecule has 1 aliphatic rings. The maximum atomic E-state index is 12.1. The number of likely N-dealkylation sites (tertiary alicyclic amines) is 1. The van der Waals surface area contributed by atoms with Gasteiger partial charge in [0, 0.05) is 19.6 Å². The summed E-state index contributed by atoms with van der Waals surface area (Å²) in [6, 6.07) is 0. The molecule has 0 amide bonds. The van der Waals surface area contributed by atoms with E-state index in [-0.39, 0.29) is 30.5 Å². The summed E-state index contributed by atoms with van der Waals surface area (Å²) in [4.78, 5) is 6.36. The fraction of sp³-hybridized carbons (Fsp3) is 0.929. The fourth-order valence-electron chi connectivity index (χ4n) is 2.33. The standard InChI is InChI=1S/C14H27F3N4.HI/c1-2-18-13(19-8-7-14(15,16)17)20-9-12-21-10-5-3-4-6-11-21;/h2-12H2,1H3,(H2,18,19,20);1H. The molecule has 22 heavy (non-hydrogen) atoms. The van der Waals surface area contributed by atoms with Crippen molar-refractivity contribution in [2.75, 3.05) is 39.3 Å². The van der Waals surface area contributed by atoms with E-state index >= 15 is 0 Å². The van der Waals surface area contributed by atoms with Crippen molar-refractivity contribution in [3.05, 3.63) is 0 Å². The van der Waals surface area contributed by atoms with E-state index in [9.17, 15) is 13.2 Å². The SMILES string of the molecule is CCNC(=NCCC(F)(F)F)NCCN1CCCCCC1.I. The van der Waals surface area contributed by atoms with Crippen LogP contribution in [0.2, 0.25) is 0 Å². The number of guanidine groups is 1. The average Bonchev–Trinajstić information content (AvgIpc) is 2.66. The molecule has 0 aromatic carbocycles. The molecule has 1 rings (SSSR count). The third kappa shape index (κ3) is 11.3. The van der Waals surface area contributed by atoms with Crippen LogP contribution >= 0.6 is 24.0 Å². The maximum Gasteiger partial charge on any atom is 0.390 e. The monoisotopic (exact) mass is 436 g/mol. The summed E-state index contributed by atoms with van der Waals surface area (Å²) in [7, 11) is 0. The zero-order valence-electron chi connectivity index (χ0n) is 13.2. The molecule has 1 fully saturated rings. The Labute approximate surface area is 148 Å². The zero-order chi connectivity index (χ0) is 15.6. The molecule has 0 aliphatic carbocycles. The Morgan fingerprint density at radius 2 is 1.73 bits per heavy atom. The predicted molar refractivity (Wildman–Crippen MR) is 95.0 cm³/mol. The molecule has 0 radical (unpaired) electrons. The van der Waals surface area contributed by atoms with Crippen molar-refractivity contribution in [3.63, 3.8) is 0 Å². The van der Waals surface area contributed by atoms with Crippen LogP contribution in [0.25, 0.3) is 0 Å². The Kier molecular flexibility index (Phi) is 12.1. The van der Waals surface area contributed by atoms with E-state index in [0.29, 0.717) is 19.0 Å². The van der Waals surface area contributed by atoms with Gasteiger partial charge in [0.2, 0.25) is 0 Å². The number of hydrogen-bond donors (Lipinski definition) is 2. The Hall–Kier alpha value is -0.250. The molecule has 0 aromatic heterocycles. The Balaban J connectivity index is 0.00000441. The summed E-state index contributed by atoms with van der Waals surface area (Å²) in [6.45, 7) is 6.15. The quantitative estimate of drug-likeness (QED) is 0.382. The number of nitrogens with one attached hydrogen (secondary N) is 2. The van der Waals surface area contributed by atoms with Crippen LogP contribution in [0.1, 0.15) is 39.0 Å². The van der Waals surface area contributed by atoms with Gasteiger partial charge in [-0.2, -0.15) is 13.2 Å². The van der Waals surface area contributed by atoms with Gasteiger partial charge in [-0.05, 0) is 32.9 Å². The van der Waals surface area contributed by atoms with E-state index in [1.807, 2.05) is 6.92 Å². The number of rotatable bonds is 6. The van der Waals surface area contributed by atoms with E-state index in [0.717, 1.165) is 19.6 Å². The number of alkyl halides is 3. The number of hydrogen-bond acceptors (Lipinski definition) is 2. The second-order valence-corrected chi connectivity index (χ2v) is 5.31. The normalized spacial score (nSPS) is 17.5. The maximum absolute atomic E-state index is 12.1. The van der Waals surface area contributed by atoms with Crippen molar-refractivity contribution >= 4 is 29.9 Å². The molecular weight excluding hydrogens is 408 g/mol. The smallest absolute Gasteiger partial charge is 0.357 e. The molecule has 0 atom stereocenters. The number of nitrogens with zero attached hydrogens (tertiary/aromatic N) is 2. The summed E-state index contributed by atoms with van der Waals surface area (Å²) in [5, 5.41) is 6.08. The molecule has 1 saturated heterocycles. The third-order valence-corrected chi connectivity index (χ3v) is 3.43. The van der Waals surface area contributed by atoms with E-state index in [1.165, 1.54) is 25.7 Å². The van der Waals surface area contributed by atoms with Gasteiger partial charge in [0.15, 0.2) is 5.96 Å². The van der Waals surface area contributed by atoms with Crippen molar-refractivity contribution in [1.29, 1.82) is 0 Å². The molecule has 4 nitrogen and oxygen atoms in total. The van der Waals surface area contributed by atoms with Crippen molar-refractivity contribution in [2.45, 2.75) is 45.2 Å². The van der Waals surface area contributed by atoms with Gasteiger partial charge in [0.05, 0.1) is 13.0 Å².